The van der Waals surface area contributed by atoms with Gasteiger partial charge in [-0.15, -0.1) is 0 Å². The zero-order valence-electron chi connectivity index (χ0n) is 18.4. The average Bonchev–Trinajstić information content (AvgIpc) is 3.31. The van der Waals surface area contributed by atoms with Crippen LogP contribution >= 0.6 is 11.3 Å². The van der Waals surface area contributed by atoms with Gasteiger partial charge in [-0.1, -0.05) is 18.3 Å². The fraction of sp³-hybridized carbons (Fsp3) is 0.619. The normalized spacial score (nSPS) is 15.0. The van der Waals surface area contributed by atoms with Gasteiger partial charge in [-0.25, -0.2) is 9.78 Å². The van der Waals surface area contributed by atoms with E-state index in [2.05, 4.69) is 15.4 Å². The van der Waals surface area contributed by atoms with E-state index in [0.29, 0.717) is 60.5 Å². The summed E-state index contributed by atoms with van der Waals surface area (Å²) in [6.07, 6.45) is 3.62. The number of ether oxygens (including phenoxy) is 3. The number of hydrogen-bond donors (Lipinski definition) is 1. The van der Waals surface area contributed by atoms with Crippen molar-refractivity contribution >= 4 is 23.2 Å². The fourth-order valence-electron chi connectivity index (χ4n) is 3.50. The summed E-state index contributed by atoms with van der Waals surface area (Å²) in [4.78, 5) is 29.7. The second-order valence-electron chi connectivity index (χ2n) is 7.26. The van der Waals surface area contributed by atoms with E-state index in [0.717, 1.165) is 30.7 Å². The standard InChI is InChI=1S/C21H30N4O5S/c1-4-15-17-16(8-5-11-29-12-6-9-22-19(17)26)25(24-15)10-7-13-30-20(27)18-14(2)23-21(28-3)31-18/h4-13H2,1-3H3,(H,22,26). The molecule has 1 aliphatic heterocycles. The third kappa shape index (κ3) is 5.82. The van der Waals surface area contributed by atoms with Crippen molar-refractivity contribution in [2.24, 2.45) is 0 Å². The van der Waals surface area contributed by atoms with Crippen molar-refractivity contribution in [3.05, 3.63) is 27.5 Å². The second kappa shape index (κ2) is 11.2. The van der Waals surface area contributed by atoms with Crippen LogP contribution in [0.1, 0.15) is 63.3 Å². The molecule has 0 aliphatic carbocycles. The largest absolute Gasteiger partial charge is 0.473 e. The minimum Gasteiger partial charge on any atom is -0.473 e. The third-order valence-electron chi connectivity index (χ3n) is 5.03. The van der Waals surface area contributed by atoms with Gasteiger partial charge in [-0.2, -0.15) is 5.10 Å². The van der Waals surface area contributed by atoms with Gasteiger partial charge < -0.3 is 19.5 Å². The van der Waals surface area contributed by atoms with Crippen molar-refractivity contribution in [3.8, 4) is 5.19 Å². The van der Waals surface area contributed by atoms with Gasteiger partial charge in [0.15, 0.2) is 0 Å². The van der Waals surface area contributed by atoms with Crippen LogP contribution in [-0.4, -0.2) is 60.1 Å². The van der Waals surface area contributed by atoms with E-state index >= 15 is 0 Å². The Morgan fingerprint density at radius 1 is 1.32 bits per heavy atom. The smallest absolute Gasteiger partial charge is 0.350 e. The molecule has 0 aromatic carbocycles. The molecule has 170 valence electrons. The lowest BCUT2D eigenvalue weighted by atomic mass is 10.1. The maximum absolute atomic E-state index is 12.8. The van der Waals surface area contributed by atoms with Crippen molar-refractivity contribution in [1.29, 1.82) is 0 Å². The van der Waals surface area contributed by atoms with Crippen LogP contribution in [0, 0.1) is 6.92 Å². The number of hydrogen-bond acceptors (Lipinski definition) is 8. The molecule has 3 rings (SSSR count). The van der Waals surface area contributed by atoms with E-state index in [1.54, 1.807) is 6.92 Å². The number of fused-ring (bicyclic) bond motifs is 1. The zero-order chi connectivity index (χ0) is 22.2. The number of esters is 1. The number of carbonyl (C=O) groups is 2. The molecule has 0 spiro atoms. The number of nitrogens with zero attached hydrogens (tertiary/aromatic N) is 3. The predicted octanol–water partition coefficient (Wildman–Crippen LogP) is 2.55. The third-order valence-corrected chi connectivity index (χ3v) is 6.13. The summed E-state index contributed by atoms with van der Waals surface area (Å²) >= 11 is 1.18. The molecule has 1 N–H and O–H groups in total. The maximum Gasteiger partial charge on any atom is 0.350 e. The van der Waals surface area contributed by atoms with Crippen LogP contribution < -0.4 is 10.1 Å². The van der Waals surface area contributed by atoms with E-state index in [1.165, 1.54) is 18.4 Å². The summed E-state index contributed by atoms with van der Waals surface area (Å²) in [5, 5.41) is 8.10. The number of carbonyl (C=O) groups excluding carboxylic acids is 2. The van der Waals surface area contributed by atoms with Crippen molar-refractivity contribution in [3.63, 3.8) is 0 Å². The highest BCUT2D eigenvalue weighted by molar-refractivity contribution is 7.15. The quantitative estimate of drug-likeness (QED) is 0.511. The number of aromatic nitrogens is 3. The van der Waals surface area contributed by atoms with Gasteiger partial charge in [0, 0.05) is 32.7 Å². The number of rotatable bonds is 7. The number of aryl methyl sites for hydroxylation is 3. The van der Waals surface area contributed by atoms with Gasteiger partial charge in [0.05, 0.1) is 36.4 Å². The average molecular weight is 451 g/mol. The molecule has 31 heavy (non-hydrogen) atoms. The molecule has 1 aliphatic rings. The molecular formula is C21H30N4O5S. The first-order valence-electron chi connectivity index (χ1n) is 10.7. The topological polar surface area (TPSA) is 105 Å². The lowest BCUT2D eigenvalue weighted by Crippen LogP contribution is -2.26. The van der Waals surface area contributed by atoms with Crippen LogP contribution in [0.15, 0.2) is 0 Å². The van der Waals surface area contributed by atoms with Crippen LogP contribution in [0.25, 0.3) is 0 Å². The first kappa shape index (κ1) is 23.2. The van der Waals surface area contributed by atoms with Crippen molar-refractivity contribution < 1.29 is 23.8 Å². The van der Waals surface area contributed by atoms with Gasteiger partial charge in [0.25, 0.3) is 11.1 Å². The Morgan fingerprint density at radius 2 is 2.13 bits per heavy atom. The van der Waals surface area contributed by atoms with Gasteiger partial charge in [0.1, 0.15) is 4.88 Å². The summed E-state index contributed by atoms with van der Waals surface area (Å²) in [5.74, 6) is -0.468. The van der Waals surface area contributed by atoms with E-state index in [-0.39, 0.29) is 12.5 Å². The molecule has 0 saturated carbocycles. The summed E-state index contributed by atoms with van der Waals surface area (Å²) in [5.41, 5.74) is 3.02. The highest BCUT2D eigenvalue weighted by Crippen LogP contribution is 2.25. The molecule has 0 unspecified atom stereocenters. The molecule has 3 heterocycles. The first-order chi connectivity index (χ1) is 15.0. The van der Waals surface area contributed by atoms with Crippen LogP contribution in [0.2, 0.25) is 0 Å². The first-order valence-corrected chi connectivity index (χ1v) is 11.5. The predicted molar refractivity (Wildman–Crippen MR) is 116 cm³/mol. The molecule has 2 aromatic rings. The van der Waals surface area contributed by atoms with Crippen molar-refractivity contribution in [2.45, 2.75) is 52.5 Å². The van der Waals surface area contributed by atoms with Crippen molar-refractivity contribution in [2.75, 3.05) is 33.5 Å². The summed E-state index contributed by atoms with van der Waals surface area (Å²) in [6, 6.07) is 0. The SMILES string of the molecule is CCc1nn(CCCOC(=O)c2sc(OC)nc2C)c2c1C(=O)NCCCOCCC2. The number of amides is 1. The molecule has 0 fully saturated rings. The Labute approximate surface area is 186 Å². The second-order valence-corrected chi connectivity index (χ2v) is 8.22. The van der Waals surface area contributed by atoms with E-state index in [1.807, 2.05) is 11.6 Å². The Bertz CT molecular complexity index is 908. The summed E-state index contributed by atoms with van der Waals surface area (Å²) < 4.78 is 18.0. The number of thiazole rings is 1. The lowest BCUT2D eigenvalue weighted by molar-refractivity contribution is 0.0499. The molecule has 0 bridgehead atoms. The summed E-state index contributed by atoms with van der Waals surface area (Å²) in [6.45, 7) is 6.48. The van der Waals surface area contributed by atoms with Crippen LogP contribution in [0.3, 0.4) is 0 Å². The van der Waals surface area contributed by atoms with E-state index in [9.17, 15) is 9.59 Å². The Kier molecular flexibility index (Phi) is 8.42. The highest BCUT2D eigenvalue weighted by Gasteiger charge is 2.23. The Hall–Kier alpha value is -2.46. The minimum absolute atomic E-state index is 0.0685. The van der Waals surface area contributed by atoms with E-state index < -0.39 is 5.97 Å². The number of methoxy groups -OCH3 is 1. The minimum atomic E-state index is -0.399. The number of nitrogens with one attached hydrogen (secondary N) is 1. The monoisotopic (exact) mass is 450 g/mol. The van der Waals surface area contributed by atoms with E-state index in [4.69, 9.17) is 14.2 Å². The van der Waals surface area contributed by atoms with Crippen LogP contribution in [-0.2, 0) is 28.9 Å². The maximum atomic E-state index is 12.8. The molecule has 0 saturated heterocycles. The molecule has 0 radical (unpaired) electrons. The Balaban J connectivity index is 1.65. The van der Waals surface area contributed by atoms with Gasteiger partial charge >= 0.3 is 5.97 Å². The highest BCUT2D eigenvalue weighted by atomic mass is 32.1. The van der Waals surface area contributed by atoms with Crippen LogP contribution in [0.5, 0.6) is 5.19 Å². The van der Waals surface area contributed by atoms with Crippen LogP contribution in [0.4, 0.5) is 0 Å². The van der Waals surface area contributed by atoms with Crippen molar-refractivity contribution in [1.82, 2.24) is 20.1 Å². The molecule has 2 aromatic heterocycles. The van der Waals surface area contributed by atoms with Gasteiger partial charge in [-0.05, 0) is 32.6 Å². The lowest BCUT2D eigenvalue weighted by Gasteiger charge is -2.10. The Morgan fingerprint density at radius 3 is 2.87 bits per heavy atom. The molecule has 0 atom stereocenters. The molecular weight excluding hydrogens is 420 g/mol. The zero-order valence-corrected chi connectivity index (χ0v) is 19.2. The fourth-order valence-corrected chi connectivity index (χ4v) is 4.28. The van der Waals surface area contributed by atoms with Gasteiger partial charge in [-0.3, -0.25) is 9.48 Å². The molecule has 1 amide bonds. The van der Waals surface area contributed by atoms with Gasteiger partial charge in [0.2, 0.25) is 0 Å². The summed E-state index contributed by atoms with van der Waals surface area (Å²) in [7, 11) is 1.52. The molecule has 9 nitrogen and oxygen atoms in total. The molecule has 10 heteroatoms.